The average molecular weight is 693 g/mol. The lowest BCUT2D eigenvalue weighted by atomic mass is 10.0. The van der Waals surface area contributed by atoms with Gasteiger partial charge in [-0.05, 0) is 48.9 Å². The summed E-state index contributed by atoms with van der Waals surface area (Å²) in [7, 11) is 0. The van der Waals surface area contributed by atoms with Crippen molar-refractivity contribution in [3.05, 3.63) is 79.1 Å². The van der Waals surface area contributed by atoms with Crippen LogP contribution in [0.1, 0.15) is 5.82 Å². The van der Waals surface area contributed by atoms with Crippen LogP contribution in [-0.4, -0.2) is 90.5 Å². The smallest absolute Gasteiger partial charge is 0.475 e. The number of para-hydroxylation sites is 1. The molecule has 0 unspecified atom stereocenters. The molecule has 5 aromatic rings. The molecule has 3 N–H and O–H groups in total. The summed E-state index contributed by atoms with van der Waals surface area (Å²) >= 11 is 0. The van der Waals surface area contributed by atoms with Gasteiger partial charge in [-0.3, -0.25) is 0 Å². The normalized spacial score (nSPS) is 13.1. The number of aryl methyl sites for hydroxylation is 1. The summed E-state index contributed by atoms with van der Waals surface area (Å²) in [4.78, 5) is 38.2. The predicted octanol–water partition coefficient (Wildman–Crippen LogP) is 5.43. The summed E-state index contributed by atoms with van der Waals surface area (Å²) < 4.78 is 70.7. The van der Waals surface area contributed by atoms with Gasteiger partial charge in [0, 0.05) is 42.1 Å². The average Bonchev–Trinajstić information content (AvgIpc) is 3.51. The highest BCUT2D eigenvalue weighted by Gasteiger charge is 2.38. The molecule has 19 heteroatoms. The third-order valence-electron chi connectivity index (χ3n) is 6.48. The van der Waals surface area contributed by atoms with Crippen molar-refractivity contribution in [3.8, 4) is 16.8 Å². The Morgan fingerprint density at radius 2 is 1.51 bits per heavy atom. The minimum Gasteiger partial charge on any atom is -0.475 e. The van der Waals surface area contributed by atoms with E-state index in [1.165, 1.54) is 0 Å². The maximum absolute atomic E-state index is 10.6. The number of ether oxygens (including phenoxy) is 1. The molecule has 0 radical (unpaired) electrons. The number of hydrogen-bond donors (Lipinski definition) is 3. The van der Waals surface area contributed by atoms with Crippen molar-refractivity contribution in [2.75, 3.05) is 36.5 Å². The van der Waals surface area contributed by atoms with Gasteiger partial charge in [0.05, 0.1) is 24.4 Å². The van der Waals surface area contributed by atoms with Crippen LogP contribution in [0, 0.1) is 6.92 Å². The number of nitrogens with one attached hydrogen (secondary N) is 1. The van der Waals surface area contributed by atoms with Gasteiger partial charge in [-0.25, -0.2) is 34.2 Å². The Morgan fingerprint density at radius 3 is 2.08 bits per heavy atom. The third kappa shape index (κ3) is 10.1. The van der Waals surface area contributed by atoms with Crippen LogP contribution in [0.4, 0.5) is 43.8 Å². The maximum Gasteiger partial charge on any atom is 0.490 e. The van der Waals surface area contributed by atoms with E-state index in [0.717, 1.165) is 71.4 Å². The van der Waals surface area contributed by atoms with Gasteiger partial charge in [0.25, 0.3) is 0 Å². The molecule has 0 saturated carbocycles. The summed E-state index contributed by atoms with van der Waals surface area (Å²) in [5.74, 6) is -3.28. The first-order chi connectivity index (χ1) is 23.1. The molecule has 0 bridgehead atoms. The molecule has 4 heterocycles. The third-order valence-corrected chi connectivity index (χ3v) is 6.48. The van der Waals surface area contributed by atoms with Crippen LogP contribution in [0.25, 0.3) is 27.7 Å². The summed E-state index contributed by atoms with van der Waals surface area (Å²) in [6.07, 6.45) is -4.75. The lowest BCUT2D eigenvalue weighted by Crippen LogP contribution is -2.36. The van der Waals surface area contributed by atoms with E-state index in [4.69, 9.17) is 29.5 Å². The van der Waals surface area contributed by atoms with Crippen LogP contribution >= 0.6 is 0 Å². The number of aromatic nitrogens is 6. The van der Waals surface area contributed by atoms with Crippen LogP contribution in [0.15, 0.2) is 73.3 Å². The fourth-order valence-electron chi connectivity index (χ4n) is 4.20. The van der Waals surface area contributed by atoms with E-state index in [2.05, 4.69) is 42.4 Å². The zero-order valence-corrected chi connectivity index (χ0v) is 25.3. The number of nitrogens with zero attached hydrogens (tertiary/aromatic N) is 7. The molecule has 0 amide bonds. The standard InChI is InChI=1S/C26H24N8O.2C2HF3O2/c1-18-29-17-34(32-18)22-7-5-21(6-8-22)30-26-28-16-20-3-2-4-23(25(20)31-26)19-9-10-27-24(15-19)33-11-13-35-14-12-33;2*3-2(4,5)1(6)7/h2-10,15-17H,11-14H2,1H3,(H,28,30,31);2*(H,6,7). The fourth-order valence-corrected chi connectivity index (χ4v) is 4.20. The number of carboxylic acids is 2. The highest BCUT2D eigenvalue weighted by Crippen LogP contribution is 2.30. The van der Waals surface area contributed by atoms with Crippen LogP contribution in [0.5, 0.6) is 0 Å². The molecule has 1 aliphatic rings. The molecule has 49 heavy (non-hydrogen) atoms. The first-order valence-corrected chi connectivity index (χ1v) is 14.0. The van der Waals surface area contributed by atoms with Crippen molar-refractivity contribution >= 4 is 40.3 Å². The molecule has 2 aromatic carbocycles. The van der Waals surface area contributed by atoms with Gasteiger partial charge >= 0.3 is 24.3 Å². The number of morpholine rings is 1. The van der Waals surface area contributed by atoms with Crippen molar-refractivity contribution in [2.45, 2.75) is 19.3 Å². The van der Waals surface area contributed by atoms with Gasteiger partial charge in [-0.1, -0.05) is 18.2 Å². The van der Waals surface area contributed by atoms with E-state index < -0.39 is 24.3 Å². The Hall–Kier alpha value is -5.85. The number of fused-ring (bicyclic) bond motifs is 1. The van der Waals surface area contributed by atoms with Gasteiger partial charge in [-0.15, -0.1) is 0 Å². The van der Waals surface area contributed by atoms with E-state index in [-0.39, 0.29) is 0 Å². The van der Waals surface area contributed by atoms with E-state index in [0.29, 0.717) is 5.95 Å². The van der Waals surface area contributed by atoms with Crippen molar-refractivity contribution in [2.24, 2.45) is 0 Å². The number of benzene rings is 2. The largest absolute Gasteiger partial charge is 0.490 e. The molecule has 1 fully saturated rings. The molecule has 0 spiro atoms. The molecule has 1 aliphatic heterocycles. The Balaban J connectivity index is 0.000000327. The topological polar surface area (TPSA) is 168 Å². The summed E-state index contributed by atoms with van der Waals surface area (Å²) in [5.41, 5.74) is 4.83. The van der Waals surface area contributed by atoms with Crippen molar-refractivity contribution < 1.29 is 50.9 Å². The number of halogens is 6. The van der Waals surface area contributed by atoms with E-state index in [1.54, 1.807) is 11.0 Å². The van der Waals surface area contributed by atoms with Crippen molar-refractivity contribution in [1.82, 2.24) is 29.7 Å². The van der Waals surface area contributed by atoms with E-state index in [9.17, 15) is 26.3 Å². The number of carbonyl (C=O) groups is 2. The molecule has 258 valence electrons. The van der Waals surface area contributed by atoms with Gasteiger partial charge in [0.2, 0.25) is 5.95 Å². The number of rotatable bonds is 5. The second kappa shape index (κ2) is 15.4. The number of alkyl halides is 6. The van der Waals surface area contributed by atoms with Crippen molar-refractivity contribution in [3.63, 3.8) is 0 Å². The van der Waals surface area contributed by atoms with Crippen LogP contribution in [-0.2, 0) is 14.3 Å². The van der Waals surface area contributed by atoms with Crippen LogP contribution in [0.3, 0.4) is 0 Å². The van der Waals surface area contributed by atoms with Crippen LogP contribution < -0.4 is 10.2 Å². The van der Waals surface area contributed by atoms with Crippen molar-refractivity contribution in [1.29, 1.82) is 0 Å². The van der Waals surface area contributed by atoms with Gasteiger partial charge in [0.1, 0.15) is 18.0 Å². The highest BCUT2D eigenvalue weighted by molar-refractivity contribution is 5.94. The molecule has 13 nitrogen and oxygen atoms in total. The molecule has 1 saturated heterocycles. The lowest BCUT2D eigenvalue weighted by Gasteiger charge is -2.28. The number of carboxylic acid groups (broad SMARTS) is 2. The lowest BCUT2D eigenvalue weighted by molar-refractivity contribution is -0.193. The number of anilines is 3. The Morgan fingerprint density at radius 1 is 0.878 bits per heavy atom. The second-order valence-corrected chi connectivity index (χ2v) is 9.95. The molecular formula is C30H26F6N8O5. The SMILES string of the molecule is Cc1ncn(-c2ccc(Nc3ncc4cccc(-c5ccnc(N6CCOCC6)c5)c4n3)cc2)n1.O=C(O)C(F)(F)F.O=C(O)C(F)(F)F. The second-order valence-electron chi connectivity index (χ2n) is 9.95. The summed E-state index contributed by atoms with van der Waals surface area (Å²) in [6.45, 7) is 5.01. The zero-order chi connectivity index (χ0) is 35.8. The molecule has 0 atom stereocenters. The molecule has 3 aromatic heterocycles. The monoisotopic (exact) mass is 692 g/mol. The van der Waals surface area contributed by atoms with Gasteiger partial charge < -0.3 is 25.2 Å². The summed E-state index contributed by atoms with van der Waals surface area (Å²) in [5, 5.41) is 22.9. The van der Waals surface area contributed by atoms with E-state index in [1.807, 2.05) is 61.8 Å². The highest BCUT2D eigenvalue weighted by atomic mass is 19.4. The number of aliphatic carboxylic acids is 2. The predicted molar refractivity (Wildman–Crippen MR) is 163 cm³/mol. The zero-order valence-electron chi connectivity index (χ0n) is 25.3. The molecule has 0 aliphatic carbocycles. The molecule has 6 rings (SSSR count). The molecular weight excluding hydrogens is 666 g/mol. The Bertz CT molecular complexity index is 1870. The van der Waals surface area contributed by atoms with Gasteiger partial charge in [-0.2, -0.15) is 31.4 Å². The fraction of sp³-hybridized carbons (Fsp3) is 0.233. The Kier molecular flexibility index (Phi) is 11.3. The number of hydrogen-bond acceptors (Lipinski definition) is 10. The first kappa shape index (κ1) is 36.0. The maximum atomic E-state index is 10.6. The quantitative estimate of drug-likeness (QED) is 0.200. The van der Waals surface area contributed by atoms with Gasteiger partial charge in [0.15, 0.2) is 0 Å². The van der Waals surface area contributed by atoms with Crippen LogP contribution in [0.2, 0.25) is 0 Å². The minimum absolute atomic E-state index is 0.539. The number of pyridine rings is 1. The Labute approximate surface area is 272 Å². The first-order valence-electron chi connectivity index (χ1n) is 14.0. The van der Waals surface area contributed by atoms with E-state index >= 15 is 0 Å². The summed E-state index contributed by atoms with van der Waals surface area (Å²) in [6, 6.07) is 18.2. The minimum atomic E-state index is -5.08.